The van der Waals surface area contributed by atoms with E-state index in [-0.39, 0.29) is 28.6 Å². The second kappa shape index (κ2) is 7.65. The van der Waals surface area contributed by atoms with E-state index in [0.717, 1.165) is 0 Å². The molecule has 0 aliphatic rings. The Morgan fingerprint density at radius 1 is 1.46 bits per heavy atom. The van der Waals surface area contributed by atoms with Crippen molar-refractivity contribution in [3.05, 3.63) is 29.6 Å². The van der Waals surface area contributed by atoms with Crippen molar-refractivity contribution in [1.29, 1.82) is 5.26 Å². The minimum atomic E-state index is -1.27. The number of aryl methyl sites for hydroxylation is 1. The highest BCUT2D eigenvalue weighted by Crippen LogP contribution is 2.27. The third-order valence-corrected chi connectivity index (χ3v) is 3.70. The summed E-state index contributed by atoms with van der Waals surface area (Å²) in [4.78, 5) is 27.7. The molecule has 0 aliphatic carbocycles. The van der Waals surface area contributed by atoms with Crippen molar-refractivity contribution in [2.45, 2.75) is 26.3 Å². The number of amides is 1. The zero-order chi connectivity index (χ0) is 19.4. The molecular weight excluding hydrogens is 336 g/mol. The first-order valence-electron chi connectivity index (χ1n) is 7.96. The van der Waals surface area contributed by atoms with Gasteiger partial charge in [0.25, 0.3) is 0 Å². The summed E-state index contributed by atoms with van der Waals surface area (Å²) >= 11 is 0. The fraction of sp³-hybridized carbons (Fsp3) is 0.353. The van der Waals surface area contributed by atoms with Gasteiger partial charge in [0.1, 0.15) is 23.5 Å². The summed E-state index contributed by atoms with van der Waals surface area (Å²) in [5.41, 5.74) is 5.69. The van der Waals surface area contributed by atoms with E-state index in [9.17, 15) is 20.0 Å². The zero-order valence-corrected chi connectivity index (χ0v) is 14.7. The molecule has 2 rings (SSSR count). The van der Waals surface area contributed by atoms with E-state index in [1.807, 2.05) is 19.9 Å². The number of nitrogens with zero attached hydrogens (tertiary/aromatic N) is 4. The lowest BCUT2D eigenvalue weighted by atomic mass is 10.0. The van der Waals surface area contributed by atoms with Crippen LogP contribution in [0.4, 0.5) is 5.82 Å². The van der Waals surface area contributed by atoms with Gasteiger partial charge in [0.2, 0.25) is 5.91 Å². The van der Waals surface area contributed by atoms with Gasteiger partial charge in [-0.3, -0.25) is 9.48 Å². The number of primary amides is 1. The number of nitrogens with two attached hydrogens (primary N) is 1. The minimum absolute atomic E-state index is 0.0679. The molecule has 1 atom stereocenters. The molecule has 0 aromatic carbocycles. The number of nitrogens with one attached hydrogen (secondary N) is 1. The number of aromatic nitrogens is 3. The number of anilines is 1. The van der Waals surface area contributed by atoms with E-state index < -0.39 is 17.9 Å². The lowest BCUT2D eigenvalue weighted by Crippen LogP contribution is -2.36. The van der Waals surface area contributed by atoms with E-state index in [2.05, 4.69) is 15.4 Å². The second-order valence-electron chi connectivity index (χ2n) is 6.33. The van der Waals surface area contributed by atoms with Gasteiger partial charge in [-0.25, -0.2) is 9.78 Å². The Hall–Kier alpha value is -3.41. The van der Waals surface area contributed by atoms with E-state index in [1.165, 1.54) is 16.9 Å². The van der Waals surface area contributed by atoms with Gasteiger partial charge in [0, 0.05) is 18.8 Å². The van der Waals surface area contributed by atoms with Crippen LogP contribution in [-0.4, -0.2) is 37.8 Å². The summed E-state index contributed by atoms with van der Waals surface area (Å²) in [7, 11) is 1.68. The monoisotopic (exact) mass is 356 g/mol. The Labute approximate surface area is 150 Å². The van der Waals surface area contributed by atoms with Crippen molar-refractivity contribution >= 4 is 17.7 Å². The third-order valence-electron chi connectivity index (χ3n) is 3.70. The van der Waals surface area contributed by atoms with Gasteiger partial charge in [-0.1, -0.05) is 13.8 Å². The summed E-state index contributed by atoms with van der Waals surface area (Å²) in [6.07, 6.45) is 3.53. The summed E-state index contributed by atoms with van der Waals surface area (Å²) in [5.74, 6) is -1.42. The number of carboxylic acid groups (broad SMARTS) is 1. The number of nitriles is 1. The van der Waals surface area contributed by atoms with Gasteiger partial charge in [-0.2, -0.15) is 10.4 Å². The van der Waals surface area contributed by atoms with Crippen LogP contribution in [0.1, 0.15) is 36.2 Å². The fourth-order valence-corrected chi connectivity index (χ4v) is 2.57. The molecule has 2 aromatic rings. The van der Waals surface area contributed by atoms with Gasteiger partial charge in [0.15, 0.2) is 0 Å². The first kappa shape index (κ1) is 18.9. The molecule has 0 saturated carbocycles. The van der Waals surface area contributed by atoms with Gasteiger partial charge >= 0.3 is 5.97 Å². The largest absolute Gasteiger partial charge is 0.478 e. The van der Waals surface area contributed by atoms with Crippen molar-refractivity contribution in [1.82, 2.24) is 14.8 Å². The number of hydrogen-bond donors (Lipinski definition) is 3. The van der Waals surface area contributed by atoms with E-state index in [0.29, 0.717) is 12.0 Å². The molecule has 9 heteroatoms. The molecule has 0 aliphatic heterocycles. The fourth-order valence-electron chi connectivity index (χ4n) is 2.57. The molecule has 1 unspecified atom stereocenters. The Morgan fingerprint density at radius 3 is 2.62 bits per heavy atom. The Kier molecular flexibility index (Phi) is 5.57. The third kappa shape index (κ3) is 4.16. The van der Waals surface area contributed by atoms with Crippen molar-refractivity contribution in [3.8, 4) is 17.3 Å². The summed E-state index contributed by atoms with van der Waals surface area (Å²) in [6.45, 7) is 3.89. The van der Waals surface area contributed by atoms with E-state index >= 15 is 0 Å². The quantitative estimate of drug-likeness (QED) is 0.678. The average Bonchev–Trinajstić information content (AvgIpc) is 2.99. The van der Waals surface area contributed by atoms with E-state index in [1.54, 1.807) is 13.2 Å². The predicted molar refractivity (Wildman–Crippen MR) is 94.2 cm³/mol. The van der Waals surface area contributed by atoms with Crippen LogP contribution in [0, 0.1) is 17.2 Å². The first-order chi connectivity index (χ1) is 12.2. The zero-order valence-electron chi connectivity index (χ0n) is 14.7. The maximum Gasteiger partial charge on any atom is 0.339 e. The standard InChI is InChI=1S/C17H20N6O3/c1-9(2)4-12(16(19)24)21-13-5-10(6-18)14(17(25)26)15(22-13)11-7-20-23(3)8-11/h5,7-9,12H,4H2,1-3H3,(H2,19,24)(H,21,22)(H,25,26). The smallest absolute Gasteiger partial charge is 0.339 e. The maximum atomic E-state index is 11.7. The lowest BCUT2D eigenvalue weighted by Gasteiger charge is -2.19. The van der Waals surface area contributed by atoms with Crippen LogP contribution in [-0.2, 0) is 11.8 Å². The molecule has 0 spiro atoms. The molecule has 26 heavy (non-hydrogen) atoms. The van der Waals surface area contributed by atoms with Crippen LogP contribution < -0.4 is 11.1 Å². The van der Waals surface area contributed by atoms with Crippen LogP contribution in [0.15, 0.2) is 18.5 Å². The minimum Gasteiger partial charge on any atom is -0.478 e. The number of hydrogen-bond acceptors (Lipinski definition) is 6. The van der Waals surface area contributed by atoms with Crippen LogP contribution >= 0.6 is 0 Å². The molecule has 0 saturated heterocycles. The summed E-state index contributed by atoms with van der Waals surface area (Å²) < 4.78 is 1.50. The molecule has 136 valence electrons. The highest BCUT2D eigenvalue weighted by Gasteiger charge is 2.23. The van der Waals surface area contributed by atoms with Crippen LogP contribution in [0.2, 0.25) is 0 Å². The predicted octanol–water partition coefficient (Wildman–Crippen LogP) is 1.36. The number of carbonyl (C=O) groups is 2. The molecule has 9 nitrogen and oxygen atoms in total. The maximum absolute atomic E-state index is 11.7. The highest BCUT2D eigenvalue weighted by atomic mass is 16.4. The molecule has 4 N–H and O–H groups in total. The van der Waals surface area contributed by atoms with E-state index in [4.69, 9.17) is 5.73 Å². The molecule has 0 fully saturated rings. The summed E-state index contributed by atoms with van der Waals surface area (Å²) in [6, 6.07) is 2.49. The Bertz CT molecular complexity index is 881. The lowest BCUT2D eigenvalue weighted by molar-refractivity contribution is -0.119. The molecular formula is C17H20N6O3. The molecule has 2 heterocycles. The number of carboxylic acids is 1. The van der Waals surface area contributed by atoms with Gasteiger partial charge in [-0.05, 0) is 18.4 Å². The second-order valence-corrected chi connectivity index (χ2v) is 6.33. The average molecular weight is 356 g/mol. The number of rotatable bonds is 7. The van der Waals surface area contributed by atoms with Crippen molar-refractivity contribution < 1.29 is 14.7 Å². The van der Waals surface area contributed by atoms with Crippen molar-refractivity contribution in [2.75, 3.05) is 5.32 Å². The molecule has 0 radical (unpaired) electrons. The SMILES string of the molecule is CC(C)CC(Nc1cc(C#N)c(C(=O)O)c(-c2cnn(C)c2)n1)C(N)=O. The summed E-state index contributed by atoms with van der Waals surface area (Å²) in [5, 5.41) is 25.8. The Balaban J connectivity index is 2.57. The number of pyridine rings is 1. The van der Waals surface area contributed by atoms with Crippen LogP contribution in [0.25, 0.3) is 11.3 Å². The molecule has 1 amide bonds. The molecule has 2 aromatic heterocycles. The topological polar surface area (TPSA) is 147 Å². The first-order valence-corrected chi connectivity index (χ1v) is 7.96. The van der Waals surface area contributed by atoms with Gasteiger partial charge < -0.3 is 16.2 Å². The van der Waals surface area contributed by atoms with Crippen LogP contribution in [0.5, 0.6) is 0 Å². The highest BCUT2D eigenvalue weighted by molar-refractivity contribution is 5.98. The number of carbonyl (C=O) groups excluding carboxylic acids is 1. The normalized spacial score (nSPS) is 11.8. The molecule has 0 bridgehead atoms. The van der Waals surface area contributed by atoms with Gasteiger partial charge in [-0.15, -0.1) is 0 Å². The van der Waals surface area contributed by atoms with Crippen LogP contribution in [0.3, 0.4) is 0 Å². The van der Waals surface area contributed by atoms with Crippen molar-refractivity contribution in [3.63, 3.8) is 0 Å². The van der Waals surface area contributed by atoms with Crippen molar-refractivity contribution in [2.24, 2.45) is 18.7 Å². The Morgan fingerprint density at radius 2 is 2.15 bits per heavy atom. The number of aromatic carboxylic acids is 1. The van der Waals surface area contributed by atoms with Gasteiger partial charge in [0.05, 0.1) is 17.5 Å².